The van der Waals surface area contributed by atoms with Gasteiger partial charge in [0, 0.05) is 9.40 Å². The molecule has 0 unspecified atom stereocenters. The average molecular weight is 296 g/mol. The van der Waals surface area contributed by atoms with Crippen molar-refractivity contribution in [1.29, 1.82) is 0 Å². The van der Waals surface area contributed by atoms with Crippen molar-refractivity contribution in [3.05, 3.63) is 84.6 Å². The molecule has 0 spiro atoms. The van der Waals surface area contributed by atoms with Gasteiger partial charge in [0.15, 0.2) is 0 Å². The molecule has 0 fully saturated rings. The van der Waals surface area contributed by atoms with Crippen LogP contribution >= 0.6 is 22.7 Å². The second kappa shape index (κ2) is 7.63. The van der Waals surface area contributed by atoms with E-state index >= 15 is 0 Å². The van der Waals surface area contributed by atoms with E-state index in [1.54, 1.807) is 22.7 Å². The van der Waals surface area contributed by atoms with Crippen LogP contribution in [0.3, 0.4) is 0 Å². The predicted octanol–water partition coefficient (Wildman–Crippen LogP) is 6.60. The van der Waals surface area contributed by atoms with E-state index in [0.29, 0.717) is 0 Å². The molecule has 4 rings (SSSR count). The van der Waals surface area contributed by atoms with Crippen molar-refractivity contribution in [2.45, 2.75) is 0 Å². The minimum atomic E-state index is 1.35. The van der Waals surface area contributed by atoms with E-state index in [1.165, 1.54) is 20.2 Å². The van der Waals surface area contributed by atoms with Crippen LogP contribution in [0.2, 0.25) is 0 Å². The highest BCUT2D eigenvalue weighted by Gasteiger charge is 1.88. The molecule has 100 valence electrons. The number of benzene rings is 2. The summed E-state index contributed by atoms with van der Waals surface area (Å²) in [5, 5.41) is 6.93. The Kier molecular flexibility index (Phi) is 5.54. The Hall–Kier alpha value is -1.90. The third kappa shape index (κ3) is 3.56. The monoisotopic (exact) mass is 296 g/mol. The minimum absolute atomic E-state index is 1.35. The first-order chi connectivity index (χ1) is 9.93. The summed E-state index contributed by atoms with van der Waals surface area (Å²) in [6.07, 6.45) is 0. The fourth-order valence-electron chi connectivity index (χ4n) is 1.81. The molecule has 4 aromatic rings. The zero-order chi connectivity index (χ0) is 14.2. The number of rotatable bonds is 0. The first-order valence-corrected chi connectivity index (χ1v) is 8.04. The largest absolute Gasteiger partial charge is 0.144 e. The van der Waals surface area contributed by atoms with Gasteiger partial charge in [-0.25, -0.2) is 0 Å². The SMILES string of the molecule is C=C.c1ccc2sccc2c1.c1ccc2sccc2c1. The van der Waals surface area contributed by atoms with Crippen LogP contribution in [0, 0.1) is 0 Å². The van der Waals surface area contributed by atoms with Gasteiger partial charge < -0.3 is 0 Å². The zero-order valence-corrected chi connectivity index (χ0v) is 12.8. The Morgan fingerprint density at radius 3 is 1.35 bits per heavy atom. The van der Waals surface area contributed by atoms with Crippen LogP contribution in [0.15, 0.2) is 84.6 Å². The van der Waals surface area contributed by atoms with Crippen molar-refractivity contribution in [3.63, 3.8) is 0 Å². The normalized spacial score (nSPS) is 9.40. The van der Waals surface area contributed by atoms with Gasteiger partial charge in [0.2, 0.25) is 0 Å². The molecular formula is C18H16S2. The topological polar surface area (TPSA) is 0 Å². The lowest BCUT2D eigenvalue weighted by atomic mass is 10.3. The standard InChI is InChI=1S/2C8H6S.C2H4/c2*1-2-4-8-7(3-1)5-6-9-8;1-2/h2*1-6H;1-2H2. The summed E-state index contributed by atoms with van der Waals surface area (Å²) < 4.78 is 2.75. The Morgan fingerprint density at radius 1 is 0.550 bits per heavy atom. The molecule has 2 aromatic carbocycles. The second-order valence-corrected chi connectivity index (χ2v) is 5.81. The van der Waals surface area contributed by atoms with E-state index in [9.17, 15) is 0 Å². The van der Waals surface area contributed by atoms with Gasteiger partial charge in [-0.2, -0.15) is 0 Å². The molecule has 0 saturated carbocycles. The van der Waals surface area contributed by atoms with Crippen molar-refractivity contribution in [2.75, 3.05) is 0 Å². The smallest absolute Gasteiger partial charge is 0.0342 e. The molecule has 0 aliphatic heterocycles. The molecule has 2 heterocycles. The predicted molar refractivity (Wildman–Crippen MR) is 94.9 cm³/mol. The van der Waals surface area contributed by atoms with Gasteiger partial charge in [-0.15, -0.1) is 35.8 Å². The Labute approximate surface area is 127 Å². The molecule has 0 saturated heterocycles. The zero-order valence-electron chi connectivity index (χ0n) is 11.2. The van der Waals surface area contributed by atoms with Crippen molar-refractivity contribution in [3.8, 4) is 0 Å². The van der Waals surface area contributed by atoms with E-state index in [4.69, 9.17) is 0 Å². The second-order valence-electron chi connectivity index (χ2n) is 3.92. The molecule has 0 amide bonds. The fraction of sp³-hybridized carbons (Fsp3) is 0. The van der Waals surface area contributed by atoms with E-state index < -0.39 is 0 Å². The highest BCUT2D eigenvalue weighted by atomic mass is 32.1. The van der Waals surface area contributed by atoms with E-state index in [0.717, 1.165) is 0 Å². The van der Waals surface area contributed by atoms with Crippen molar-refractivity contribution in [2.24, 2.45) is 0 Å². The van der Waals surface area contributed by atoms with Crippen molar-refractivity contribution < 1.29 is 0 Å². The van der Waals surface area contributed by atoms with Crippen LogP contribution in [-0.4, -0.2) is 0 Å². The summed E-state index contributed by atoms with van der Waals surface area (Å²) in [6, 6.07) is 21.1. The molecular weight excluding hydrogens is 280 g/mol. The first kappa shape index (κ1) is 14.5. The molecule has 20 heavy (non-hydrogen) atoms. The maximum Gasteiger partial charge on any atom is 0.0342 e. The van der Waals surface area contributed by atoms with Crippen molar-refractivity contribution in [1.82, 2.24) is 0 Å². The van der Waals surface area contributed by atoms with Crippen LogP contribution in [0.4, 0.5) is 0 Å². The van der Waals surface area contributed by atoms with Crippen LogP contribution in [0.1, 0.15) is 0 Å². The van der Waals surface area contributed by atoms with E-state index in [1.807, 2.05) is 0 Å². The molecule has 0 aliphatic carbocycles. The Balaban J connectivity index is 0.000000131. The number of hydrogen-bond donors (Lipinski definition) is 0. The van der Waals surface area contributed by atoms with E-state index in [2.05, 4.69) is 84.6 Å². The summed E-state index contributed by atoms with van der Waals surface area (Å²) >= 11 is 3.57. The summed E-state index contributed by atoms with van der Waals surface area (Å²) in [4.78, 5) is 0. The van der Waals surface area contributed by atoms with E-state index in [-0.39, 0.29) is 0 Å². The van der Waals surface area contributed by atoms with Gasteiger partial charge in [0.05, 0.1) is 0 Å². The Bertz CT molecular complexity index is 638. The number of thiophene rings is 2. The maximum absolute atomic E-state index is 3.00. The summed E-state index contributed by atoms with van der Waals surface area (Å²) in [7, 11) is 0. The number of fused-ring (bicyclic) bond motifs is 2. The summed E-state index contributed by atoms with van der Waals surface area (Å²) in [5.74, 6) is 0. The van der Waals surface area contributed by atoms with Gasteiger partial charge in [-0.05, 0) is 45.8 Å². The lowest BCUT2D eigenvalue weighted by Crippen LogP contribution is -1.56. The molecule has 0 atom stereocenters. The first-order valence-electron chi connectivity index (χ1n) is 6.28. The third-order valence-corrected chi connectivity index (χ3v) is 4.52. The minimum Gasteiger partial charge on any atom is -0.144 e. The van der Waals surface area contributed by atoms with Crippen LogP contribution in [0.5, 0.6) is 0 Å². The van der Waals surface area contributed by atoms with Gasteiger partial charge >= 0.3 is 0 Å². The average Bonchev–Trinajstić information content (AvgIpc) is 3.18. The summed E-state index contributed by atoms with van der Waals surface area (Å²) in [5.41, 5.74) is 0. The van der Waals surface area contributed by atoms with Crippen LogP contribution in [-0.2, 0) is 0 Å². The molecule has 0 radical (unpaired) electrons. The molecule has 0 bridgehead atoms. The van der Waals surface area contributed by atoms with Crippen LogP contribution < -0.4 is 0 Å². The molecule has 0 aliphatic rings. The van der Waals surface area contributed by atoms with Gasteiger partial charge in [-0.1, -0.05) is 36.4 Å². The molecule has 0 N–H and O–H groups in total. The molecule has 2 aromatic heterocycles. The Morgan fingerprint density at radius 2 is 0.950 bits per heavy atom. The van der Waals surface area contributed by atoms with Crippen molar-refractivity contribution >= 4 is 42.8 Å². The van der Waals surface area contributed by atoms with Crippen LogP contribution in [0.25, 0.3) is 20.2 Å². The lowest BCUT2D eigenvalue weighted by Gasteiger charge is -1.82. The quantitative estimate of drug-likeness (QED) is 0.320. The number of hydrogen-bond acceptors (Lipinski definition) is 2. The molecule has 2 heteroatoms. The fourth-order valence-corrected chi connectivity index (χ4v) is 3.39. The maximum atomic E-state index is 3.00. The third-order valence-electron chi connectivity index (χ3n) is 2.72. The molecule has 0 nitrogen and oxygen atoms in total. The highest BCUT2D eigenvalue weighted by Crippen LogP contribution is 2.19. The lowest BCUT2D eigenvalue weighted by molar-refractivity contribution is 1.86. The van der Waals surface area contributed by atoms with Gasteiger partial charge in [-0.3, -0.25) is 0 Å². The highest BCUT2D eigenvalue weighted by molar-refractivity contribution is 7.17. The van der Waals surface area contributed by atoms with Gasteiger partial charge in [0.1, 0.15) is 0 Å². The summed E-state index contributed by atoms with van der Waals surface area (Å²) in [6.45, 7) is 6.00. The van der Waals surface area contributed by atoms with Gasteiger partial charge in [0.25, 0.3) is 0 Å².